The van der Waals surface area contributed by atoms with E-state index in [0.717, 1.165) is 57.3 Å². The number of benzene rings is 1. The van der Waals surface area contributed by atoms with Gasteiger partial charge in [-0.05, 0) is 44.2 Å². The zero-order valence-electron chi connectivity index (χ0n) is 17.3. The van der Waals surface area contributed by atoms with Crippen LogP contribution in [-0.2, 0) is 0 Å². The van der Waals surface area contributed by atoms with Crippen LogP contribution in [0.4, 0.5) is 0 Å². The van der Waals surface area contributed by atoms with Gasteiger partial charge in [-0.2, -0.15) is 0 Å². The van der Waals surface area contributed by atoms with Crippen molar-refractivity contribution < 1.29 is 9.90 Å². The van der Waals surface area contributed by atoms with Crippen molar-refractivity contribution in [2.24, 2.45) is 0 Å². The van der Waals surface area contributed by atoms with E-state index in [1.54, 1.807) is 30.6 Å². The van der Waals surface area contributed by atoms with Crippen molar-refractivity contribution in [2.75, 3.05) is 19.6 Å². The predicted molar refractivity (Wildman–Crippen MR) is 115 cm³/mol. The number of phenols is 1. The Morgan fingerprint density at radius 2 is 1.84 bits per heavy atom. The van der Waals surface area contributed by atoms with E-state index in [1.807, 2.05) is 9.47 Å². The highest BCUT2D eigenvalue weighted by Gasteiger charge is 2.34. The Hall–Kier alpha value is -3.20. The lowest BCUT2D eigenvalue weighted by molar-refractivity contribution is 0.00115. The molecule has 2 aromatic heterocycles. The topological polar surface area (TPSA) is 107 Å². The molecule has 2 saturated heterocycles. The summed E-state index contributed by atoms with van der Waals surface area (Å²) in [6.45, 7) is 2.38. The predicted octanol–water partition coefficient (Wildman–Crippen LogP) is 2.11. The van der Waals surface area contributed by atoms with Gasteiger partial charge in [0.25, 0.3) is 5.91 Å². The fraction of sp³-hybridized carbons (Fsp3) is 0.455. The monoisotopic (exact) mass is 422 g/mol. The number of carbonyl (C=O) groups excluding carboxylic acids is 1. The number of nitrogens with one attached hydrogen (secondary N) is 1. The average Bonchev–Trinajstić information content (AvgIpc) is 3.14. The van der Waals surface area contributed by atoms with Crippen molar-refractivity contribution in [3.05, 3.63) is 53.0 Å². The number of hydrogen-bond donors (Lipinski definition) is 2. The van der Waals surface area contributed by atoms with E-state index >= 15 is 0 Å². The molecule has 3 aromatic rings. The van der Waals surface area contributed by atoms with Crippen molar-refractivity contribution in [3.63, 3.8) is 0 Å². The highest BCUT2D eigenvalue weighted by atomic mass is 16.3. The number of phenolic OH excluding ortho intramolecular Hbond substituents is 1. The molecule has 31 heavy (non-hydrogen) atoms. The van der Waals surface area contributed by atoms with Gasteiger partial charge in [-0.25, -0.2) is 14.8 Å². The molecule has 2 aliphatic heterocycles. The quantitative estimate of drug-likeness (QED) is 0.670. The molecule has 0 spiro atoms. The van der Waals surface area contributed by atoms with E-state index in [0.29, 0.717) is 11.1 Å². The number of aromatic amines is 1. The third-order valence-electron chi connectivity index (χ3n) is 6.53. The Morgan fingerprint density at radius 3 is 2.61 bits per heavy atom. The lowest BCUT2D eigenvalue weighted by Crippen LogP contribution is -2.55. The first-order valence-electron chi connectivity index (χ1n) is 10.8. The maximum absolute atomic E-state index is 13.1. The van der Waals surface area contributed by atoms with Gasteiger partial charge in [-0.1, -0.05) is 0 Å². The summed E-state index contributed by atoms with van der Waals surface area (Å²) in [7, 11) is 0. The minimum absolute atomic E-state index is 0.0138. The molecule has 0 bridgehead atoms. The molecule has 9 heteroatoms. The first-order chi connectivity index (χ1) is 15.1. The van der Waals surface area contributed by atoms with Crippen LogP contribution in [-0.4, -0.2) is 66.1 Å². The zero-order valence-corrected chi connectivity index (χ0v) is 17.3. The minimum atomic E-state index is -0.141. The van der Waals surface area contributed by atoms with Crippen molar-refractivity contribution in [1.29, 1.82) is 0 Å². The van der Waals surface area contributed by atoms with E-state index in [-0.39, 0.29) is 29.6 Å². The summed E-state index contributed by atoms with van der Waals surface area (Å²) in [6, 6.07) is 5.08. The van der Waals surface area contributed by atoms with Crippen LogP contribution in [0.1, 0.15) is 48.5 Å². The summed E-state index contributed by atoms with van der Waals surface area (Å²) in [5.41, 5.74) is 1.86. The molecule has 2 aliphatic rings. The lowest BCUT2D eigenvalue weighted by Gasteiger charge is -2.45. The van der Waals surface area contributed by atoms with Crippen molar-refractivity contribution >= 4 is 16.9 Å². The third kappa shape index (κ3) is 3.69. The number of fused-ring (bicyclic) bond motifs is 1. The van der Waals surface area contributed by atoms with Gasteiger partial charge in [-0.3, -0.25) is 14.3 Å². The number of imidazole rings is 1. The van der Waals surface area contributed by atoms with Crippen LogP contribution < -0.4 is 5.69 Å². The molecule has 0 aliphatic carbocycles. The molecule has 9 nitrogen and oxygen atoms in total. The Morgan fingerprint density at radius 1 is 1.06 bits per heavy atom. The Balaban J connectivity index is 1.32. The molecular formula is C22H26N6O3. The van der Waals surface area contributed by atoms with Crippen LogP contribution in [0.3, 0.4) is 0 Å². The first kappa shape index (κ1) is 19.7. The molecule has 0 radical (unpaired) electrons. The number of aromatic nitrogens is 4. The van der Waals surface area contributed by atoms with Crippen LogP contribution in [0, 0.1) is 0 Å². The van der Waals surface area contributed by atoms with E-state index in [9.17, 15) is 14.7 Å². The first-order valence-corrected chi connectivity index (χ1v) is 10.8. The largest absolute Gasteiger partial charge is 0.508 e. The number of rotatable bonds is 3. The van der Waals surface area contributed by atoms with Crippen molar-refractivity contribution in [1.82, 2.24) is 29.3 Å². The zero-order chi connectivity index (χ0) is 21.4. The standard InChI is InChI=1S/C22H26N6O3/c29-17-4-5-19-18(11-17)25-22(31)28(19)16-6-9-26(10-7-16)20-3-1-2-8-27(20)21(30)15-12-23-14-24-13-15/h4-5,11-14,16,20,29H,1-3,6-10H2,(H,25,31). The average molecular weight is 422 g/mol. The minimum Gasteiger partial charge on any atom is -0.508 e. The van der Waals surface area contributed by atoms with Gasteiger partial charge in [0.1, 0.15) is 12.1 Å². The SMILES string of the molecule is O=C(c1cncnc1)N1CCCCC1N1CCC(n2c(=O)[nH]c3cc(O)ccc32)CC1. The van der Waals surface area contributed by atoms with Crippen molar-refractivity contribution in [2.45, 2.75) is 44.3 Å². The van der Waals surface area contributed by atoms with Gasteiger partial charge >= 0.3 is 5.69 Å². The number of likely N-dealkylation sites (tertiary alicyclic amines) is 2. The Kier molecular flexibility index (Phi) is 5.19. The van der Waals surface area contributed by atoms with Gasteiger partial charge in [0.05, 0.1) is 22.8 Å². The number of nitrogens with zero attached hydrogens (tertiary/aromatic N) is 5. The van der Waals surface area contributed by atoms with Crippen LogP contribution in [0.2, 0.25) is 0 Å². The van der Waals surface area contributed by atoms with Crippen LogP contribution in [0.15, 0.2) is 41.7 Å². The van der Waals surface area contributed by atoms with Crippen LogP contribution >= 0.6 is 0 Å². The van der Waals surface area contributed by atoms with E-state index in [4.69, 9.17) is 0 Å². The Bertz CT molecular complexity index is 1130. The molecule has 1 atom stereocenters. The lowest BCUT2D eigenvalue weighted by atomic mass is 10.00. The maximum atomic E-state index is 13.1. The molecule has 1 aromatic carbocycles. The van der Waals surface area contributed by atoms with Gasteiger partial charge in [-0.15, -0.1) is 0 Å². The molecule has 1 unspecified atom stereocenters. The van der Waals surface area contributed by atoms with E-state index in [1.165, 1.54) is 6.33 Å². The van der Waals surface area contributed by atoms with E-state index in [2.05, 4.69) is 19.9 Å². The number of aromatic hydroxyl groups is 1. The van der Waals surface area contributed by atoms with Crippen molar-refractivity contribution in [3.8, 4) is 5.75 Å². The smallest absolute Gasteiger partial charge is 0.326 e. The molecule has 4 heterocycles. The Labute approximate surface area is 179 Å². The summed E-state index contributed by atoms with van der Waals surface area (Å²) in [5.74, 6) is 0.127. The summed E-state index contributed by atoms with van der Waals surface area (Å²) >= 11 is 0. The summed E-state index contributed by atoms with van der Waals surface area (Å²) in [5, 5.41) is 9.69. The molecule has 5 rings (SSSR count). The summed E-state index contributed by atoms with van der Waals surface area (Å²) < 4.78 is 1.82. The highest BCUT2D eigenvalue weighted by molar-refractivity contribution is 5.93. The second-order valence-electron chi connectivity index (χ2n) is 8.37. The molecule has 2 N–H and O–H groups in total. The van der Waals surface area contributed by atoms with Gasteiger partial charge in [0.15, 0.2) is 0 Å². The van der Waals surface area contributed by atoms with Crippen LogP contribution in [0.25, 0.3) is 11.0 Å². The van der Waals surface area contributed by atoms with E-state index < -0.39 is 0 Å². The molecule has 0 saturated carbocycles. The number of amides is 1. The molecular weight excluding hydrogens is 396 g/mol. The molecule has 2 fully saturated rings. The number of carbonyl (C=O) groups is 1. The summed E-state index contributed by atoms with van der Waals surface area (Å²) in [4.78, 5) is 40.8. The fourth-order valence-electron chi connectivity index (χ4n) is 5.03. The summed E-state index contributed by atoms with van der Waals surface area (Å²) in [6.07, 6.45) is 9.39. The van der Waals surface area contributed by atoms with Crippen LogP contribution in [0.5, 0.6) is 5.75 Å². The fourth-order valence-corrected chi connectivity index (χ4v) is 5.03. The highest BCUT2D eigenvalue weighted by Crippen LogP contribution is 2.30. The van der Waals surface area contributed by atoms with Gasteiger partial charge in [0.2, 0.25) is 0 Å². The van der Waals surface area contributed by atoms with Gasteiger partial charge in [0, 0.05) is 44.1 Å². The molecule has 1 amide bonds. The van der Waals surface area contributed by atoms with Gasteiger partial charge < -0.3 is 15.0 Å². The second-order valence-corrected chi connectivity index (χ2v) is 8.37. The normalized spacial score (nSPS) is 20.9. The second kappa shape index (κ2) is 8.14. The molecule has 162 valence electrons. The maximum Gasteiger partial charge on any atom is 0.326 e. The number of piperidine rings is 2. The number of hydrogen-bond acceptors (Lipinski definition) is 6. The third-order valence-corrected chi connectivity index (χ3v) is 6.53. The number of H-pyrrole nitrogens is 1.